The number of anilines is 1. The number of hydrogen-bond acceptors (Lipinski definition) is 3. The van der Waals surface area contributed by atoms with Crippen molar-refractivity contribution in [3.8, 4) is 5.75 Å². The highest BCUT2D eigenvalue weighted by Gasteiger charge is 2.19. The molecule has 0 aliphatic rings. The van der Waals surface area contributed by atoms with E-state index < -0.39 is 0 Å². The summed E-state index contributed by atoms with van der Waals surface area (Å²) in [5, 5.41) is 0.793. The zero-order valence-corrected chi connectivity index (χ0v) is 12.1. The second-order valence-corrected chi connectivity index (χ2v) is 4.56. The zero-order chi connectivity index (χ0) is 13.2. The van der Waals surface area contributed by atoms with Crippen molar-refractivity contribution in [3.63, 3.8) is 0 Å². The lowest BCUT2D eigenvalue weighted by molar-refractivity contribution is 0.201. The fraction of sp³-hybridized carbons (Fsp3) is 0.538. The topological polar surface area (TPSA) is 21.7 Å². The van der Waals surface area contributed by atoms with Crippen molar-refractivity contribution in [1.82, 2.24) is 0 Å². The molecule has 0 aromatic heterocycles. The minimum absolute atomic E-state index is 0.496. The van der Waals surface area contributed by atoms with E-state index in [4.69, 9.17) is 21.1 Å². The van der Waals surface area contributed by atoms with Crippen molar-refractivity contribution in [1.29, 1.82) is 0 Å². The third-order valence-electron chi connectivity index (χ3n) is 3.04. The monoisotopic (exact) mass is 257 g/mol. The molecule has 0 aliphatic carbocycles. The lowest BCUT2D eigenvalue weighted by Gasteiger charge is -2.26. The summed E-state index contributed by atoms with van der Waals surface area (Å²) in [4.78, 5) is 1.99. The first-order chi connectivity index (χ1) is 7.95. The first-order valence-corrected chi connectivity index (χ1v) is 5.86. The van der Waals surface area contributed by atoms with E-state index in [1.54, 1.807) is 14.2 Å². The highest BCUT2D eigenvalue weighted by molar-refractivity contribution is 6.32. The summed E-state index contributed by atoms with van der Waals surface area (Å²) < 4.78 is 10.7. The number of hydrogen-bond donors (Lipinski definition) is 0. The Morgan fingerprint density at radius 3 is 2.12 bits per heavy atom. The molecule has 0 N–H and O–H groups in total. The van der Waals surface area contributed by atoms with Crippen LogP contribution < -0.4 is 9.64 Å². The quantitative estimate of drug-likeness (QED) is 0.773. The summed E-state index contributed by atoms with van der Waals surface area (Å²) in [6, 6.07) is 0. The Morgan fingerprint density at radius 1 is 1.06 bits per heavy atom. The zero-order valence-electron chi connectivity index (χ0n) is 11.3. The van der Waals surface area contributed by atoms with Crippen molar-refractivity contribution in [2.24, 2.45) is 0 Å². The van der Waals surface area contributed by atoms with Gasteiger partial charge in [-0.3, -0.25) is 0 Å². The minimum Gasteiger partial charge on any atom is -0.494 e. The highest BCUT2D eigenvalue weighted by Crippen LogP contribution is 2.41. The second kappa shape index (κ2) is 5.61. The van der Waals surface area contributed by atoms with Gasteiger partial charge in [-0.05, 0) is 37.5 Å². The molecule has 1 aromatic carbocycles. The van der Waals surface area contributed by atoms with Gasteiger partial charge in [-0.2, -0.15) is 0 Å². The molecule has 0 fully saturated rings. The largest absolute Gasteiger partial charge is 0.494 e. The van der Waals surface area contributed by atoms with Crippen LogP contribution in [0.2, 0.25) is 5.02 Å². The summed E-state index contributed by atoms with van der Waals surface area (Å²) in [7, 11) is 5.31. The van der Waals surface area contributed by atoms with Gasteiger partial charge in [0, 0.05) is 19.2 Å². The SMILES string of the molecule is COCN(C)c1c(C)c(Cl)c(C)c(C)c1OC. The van der Waals surface area contributed by atoms with Gasteiger partial charge in [-0.15, -0.1) is 0 Å². The number of nitrogens with zero attached hydrogens (tertiary/aromatic N) is 1. The van der Waals surface area contributed by atoms with Crippen LogP contribution in [0.1, 0.15) is 16.7 Å². The summed E-state index contributed by atoms with van der Waals surface area (Å²) in [5.74, 6) is 0.865. The maximum absolute atomic E-state index is 6.34. The van der Waals surface area contributed by atoms with Gasteiger partial charge < -0.3 is 14.4 Å². The maximum Gasteiger partial charge on any atom is 0.145 e. The Balaban J connectivity index is 3.46. The van der Waals surface area contributed by atoms with Crippen LogP contribution in [-0.4, -0.2) is 28.0 Å². The van der Waals surface area contributed by atoms with Gasteiger partial charge in [0.15, 0.2) is 0 Å². The average molecular weight is 258 g/mol. The Hall–Kier alpha value is -0.930. The Bertz CT molecular complexity index is 419. The molecular weight excluding hydrogens is 238 g/mol. The van der Waals surface area contributed by atoms with Crippen LogP contribution in [0.4, 0.5) is 5.69 Å². The minimum atomic E-state index is 0.496. The molecule has 1 rings (SSSR count). The van der Waals surface area contributed by atoms with Gasteiger partial charge in [0.2, 0.25) is 0 Å². The van der Waals surface area contributed by atoms with E-state index in [9.17, 15) is 0 Å². The van der Waals surface area contributed by atoms with Crippen LogP contribution in [0.25, 0.3) is 0 Å². The van der Waals surface area contributed by atoms with E-state index in [-0.39, 0.29) is 0 Å². The van der Waals surface area contributed by atoms with Crippen LogP contribution in [0.15, 0.2) is 0 Å². The molecule has 1 aromatic rings. The molecule has 0 unspecified atom stereocenters. The van der Waals surface area contributed by atoms with E-state index in [0.29, 0.717) is 6.73 Å². The average Bonchev–Trinajstić information content (AvgIpc) is 2.31. The van der Waals surface area contributed by atoms with Crippen LogP contribution >= 0.6 is 11.6 Å². The van der Waals surface area contributed by atoms with Crippen molar-refractivity contribution in [2.45, 2.75) is 20.8 Å². The summed E-state index contributed by atoms with van der Waals surface area (Å²) in [6.07, 6.45) is 0. The second-order valence-electron chi connectivity index (χ2n) is 4.19. The molecule has 0 aliphatic heterocycles. The van der Waals surface area contributed by atoms with E-state index in [1.165, 1.54) is 0 Å². The summed E-state index contributed by atoms with van der Waals surface area (Å²) in [5.41, 5.74) is 4.14. The molecule has 0 saturated carbocycles. The molecule has 0 amide bonds. The van der Waals surface area contributed by atoms with Crippen LogP contribution in [0, 0.1) is 20.8 Å². The fourth-order valence-corrected chi connectivity index (χ4v) is 2.27. The van der Waals surface area contributed by atoms with Crippen LogP contribution in [0.5, 0.6) is 5.75 Å². The molecule has 0 radical (unpaired) electrons. The van der Waals surface area contributed by atoms with Crippen LogP contribution in [-0.2, 0) is 4.74 Å². The first-order valence-electron chi connectivity index (χ1n) is 5.49. The van der Waals surface area contributed by atoms with Gasteiger partial charge >= 0.3 is 0 Å². The first kappa shape index (κ1) is 14.1. The number of ether oxygens (including phenoxy) is 2. The molecule has 4 heteroatoms. The molecule has 0 saturated heterocycles. The van der Waals surface area contributed by atoms with E-state index in [1.807, 2.05) is 32.7 Å². The predicted octanol–water partition coefficient (Wildman–Crippen LogP) is 3.31. The summed E-state index contributed by atoms with van der Waals surface area (Å²) in [6.45, 7) is 6.52. The third kappa shape index (κ3) is 2.50. The smallest absolute Gasteiger partial charge is 0.145 e. The number of rotatable bonds is 4. The molecule has 17 heavy (non-hydrogen) atoms. The van der Waals surface area contributed by atoms with Gasteiger partial charge in [0.1, 0.15) is 12.5 Å². The maximum atomic E-state index is 6.34. The molecule has 0 bridgehead atoms. The normalized spacial score (nSPS) is 10.5. The lowest BCUT2D eigenvalue weighted by Crippen LogP contribution is -2.22. The Morgan fingerprint density at radius 2 is 1.65 bits per heavy atom. The van der Waals surface area contributed by atoms with E-state index in [2.05, 4.69) is 0 Å². The van der Waals surface area contributed by atoms with Gasteiger partial charge in [-0.25, -0.2) is 0 Å². The third-order valence-corrected chi connectivity index (χ3v) is 3.61. The van der Waals surface area contributed by atoms with Gasteiger partial charge in [-0.1, -0.05) is 11.6 Å². The standard InChI is InChI=1S/C13H20ClNO2/c1-8-9(2)13(17-6)12(10(3)11(8)14)15(4)7-16-5/h7H2,1-6H3. The van der Waals surface area contributed by atoms with Crippen molar-refractivity contribution >= 4 is 17.3 Å². The van der Waals surface area contributed by atoms with Crippen molar-refractivity contribution < 1.29 is 9.47 Å². The Kier molecular flexibility index (Phi) is 4.66. The highest BCUT2D eigenvalue weighted by atomic mass is 35.5. The van der Waals surface area contributed by atoms with E-state index >= 15 is 0 Å². The number of halogens is 1. The van der Waals surface area contributed by atoms with Crippen molar-refractivity contribution in [3.05, 3.63) is 21.7 Å². The molecule has 3 nitrogen and oxygen atoms in total. The fourth-order valence-electron chi connectivity index (χ4n) is 2.04. The predicted molar refractivity (Wildman–Crippen MR) is 72.5 cm³/mol. The molecule has 0 atom stereocenters. The van der Waals surface area contributed by atoms with Gasteiger partial charge in [0.05, 0.1) is 12.8 Å². The molecule has 0 heterocycles. The summed E-state index contributed by atoms with van der Waals surface area (Å²) >= 11 is 6.34. The molecule has 0 spiro atoms. The van der Waals surface area contributed by atoms with Gasteiger partial charge in [0.25, 0.3) is 0 Å². The molecule has 96 valence electrons. The number of methoxy groups -OCH3 is 2. The van der Waals surface area contributed by atoms with Crippen molar-refractivity contribution in [2.75, 3.05) is 32.9 Å². The number of benzene rings is 1. The lowest BCUT2D eigenvalue weighted by atomic mass is 10.0. The Labute approximate surface area is 108 Å². The van der Waals surface area contributed by atoms with E-state index in [0.717, 1.165) is 33.1 Å². The van der Waals surface area contributed by atoms with Crippen LogP contribution in [0.3, 0.4) is 0 Å². The molecular formula is C13H20ClNO2.